The van der Waals surface area contributed by atoms with Crippen molar-refractivity contribution in [1.82, 2.24) is 25.2 Å². The number of imidazole rings is 1. The van der Waals surface area contributed by atoms with E-state index in [1.54, 1.807) is 12.5 Å². The van der Waals surface area contributed by atoms with Crippen LogP contribution in [-0.4, -0.2) is 33.7 Å². The Balaban J connectivity index is 1.18. The number of para-hydroxylation sites is 1. The van der Waals surface area contributed by atoms with Gasteiger partial charge in [0.25, 0.3) is 0 Å². The molecule has 0 saturated carbocycles. The molecular weight excluding hydrogens is 376 g/mol. The molecule has 2 aromatic heterocycles. The van der Waals surface area contributed by atoms with Crippen LogP contribution in [0.15, 0.2) is 79.4 Å². The number of nitrogens with one attached hydrogen (secondary N) is 3. The molecule has 4 aromatic rings. The number of benzene rings is 2. The van der Waals surface area contributed by atoms with Crippen molar-refractivity contribution in [3.63, 3.8) is 0 Å². The molecule has 0 aliphatic heterocycles. The maximum atomic E-state index is 12.1. The van der Waals surface area contributed by atoms with E-state index < -0.39 is 0 Å². The number of pyridine rings is 1. The fourth-order valence-corrected chi connectivity index (χ4v) is 3.20. The van der Waals surface area contributed by atoms with Crippen LogP contribution in [0.25, 0.3) is 10.9 Å². The van der Waals surface area contributed by atoms with Crippen LogP contribution in [-0.2, 0) is 13.1 Å². The van der Waals surface area contributed by atoms with Gasteiger partial charge in [0.05, 0.1) is 11.8 Å². The lowest BCUT2D eigenvalue weighted by Gasteiger charge is -2.10. The Bertz CT molecular complexity index is 1110. The van der Waals surface area contributed by atoms with Gasteiger partial charge < -0.3 is 20.5 Å². The monoisotopic (exact) mass is 400 g/mol. The third kappa shape index (κ3) is 5.35. The van der Waals surface area contributed by atoms with Gasteiger partial charge in [-0.1, -0.05) is 42.5 Å². The minimum Gasteiger partial charge on any atom is -0.368 e. The Kier molecular flexibility index (Phi) is 6.19. The van der Waals surface area contributed by atoms with Crippen molar-refractivity contribution in [1.29, 1.82) is 0 Å². The van der Waals surface area contributed by atoms with E-state index in [1.807, 2.05) is 59.3 Å². The first-order valence-electron chi connectivity index (χ1n) is 9.91. The van der Waals surface area contributed by atoms with Crippen molar-refractivity contribution in [2.45, 2.75) is 13.1 Å². The molecular formula is C23H24N6O. The van der Waals surface area contributed by atoms with Gasteiger partial charge in [0, 0.05) is 44.0 Å². The van der Waals surface area contributed by atoms with Gasteiger partial charge in [-0.15, -0.1) is 0 Å². The molecule has 0 aliphatic carbocycles. The van der Waals surface area contributed by atoms with Crippen molar-refractivity contribution in [3.8, 4) is 0 Å². The molecule has 3 N–H and O–H groups in total. The van der Waals surface area contributed by atoms with Crippen molar-refractivity contribution in [2.24, 2.45) is 0 Å². The predicted octanol–water partition coefficient (Wildman–Crippen LogP) is 3.39. The molecule has 2 amide bonds. The van der Waals surface area contributed by atoms with E-state index in [0.29, 0.717) is 19.6 Å². The van der Waals surface area contributed by atoms with Crippen molar-refractivity contribution in [3.05, 3.63) is 90.5 Å². The van der Waals surface area contributed by atoms with Gasteiger partial charge in [0.1, 0.15) is 5.82 Å². The molecule has 0 spiro atoms. The lowest BCUT2D eigenvalue weighted by atomic mass is 10.1. The maximum absolute atomic E-state index is 12.1. The Labute approximate surface area is 175 Å². The molecule has 0 aliphatic rings. The zero-order valence-electron chi connectivity index (χ0n) is 16.6. The second-order valence-electron chi connectivity index (χ2n) is 6.98. The summed E-state index contributed by atoms with van der Waals surface area (Å²) in [5.74, 6) is 0.797. The van der Waals surface area contributed by atoms with Gasteiger partial charge in [-0.2, -0.15) is 0 Å². The normalized spacial score (nSPS) is 10.7. The summed E-state index contributed by atoms with van der Waals surface area (Å²) in [5.41, 5.74) is 3.17. The first kappa shape index (κ1) is 19.4. The number of nitrogens with zero attached hydrogens (tertiary/aromatic N) is 3. The Hall–Kier alpha value is -3.87. The SMILES string of the molecule is O=C(NCCNc1ccc2ccccc2n1)NCc1cccc(Cn2ccnc2)c1. The molecule has 7 heteroatoms. The van der Waals surface area contributed by atoms with E-state index in [4.69, 9.17) is 0 Å². The summed E-state index contributed by atoms with van der Waals surface area (Å²) in [6, 6.07) is 19.9. The van der Waals surface area contributed by atoms with Gasteiger partial charge in [0.2, 0.25) is 0 Å². The summed E-state index contributed by atoms with van der Waals surface area (Å²) in [4.78, 5) is 20.7. The number of urea groups is 1. The van der Waals surface area contributed by atoms with Gasteiger partial charge in [-0.05, 0) is 29.3 Å². The van der Waals surface area contributed by atoms with Crippen LogP contribution in [0.2, 0.25) is 0 Å². The van der Waals surface area contributed by atoms with E-state index >= 15 is 0 Å². The van der Waals surface area contributed by atoms with Crippen molar-refractivity contribution < 1.29 is 4.79 Å². The number of rotatable bonds is 8. The number of amides is 2. The first-order valence-corrected chi connectivity index (χ1v) is 9.91. The van der Waals surface area contributed by atoms with Crippen molar-refractivity contribution in [2.75, 3.05) is 18.4 Å². The predicted molar refractivity (Wildman–Crippen MR) is 118 cm³/mol. The Morgan fingerprint density at radius 1 is 0.933 bits per heavy atom. The van der Waals surface area contributed by atoms with Gasteiger partial charge in [0.15, 0.2) is 0 Å². The third-order valence-electron chi connectivity index (χ3n) is 4.68. The van der Waals surface area contributed by atoms with Crippen LogP contribution in [0.4, 0.5) is 10.6 Å². The first-order chi connectivity index (χ1) is 14.8. The van der Waals surface area contributed by atoms with E-state index in [2.05, 4.69) is 38.1 Å². The molecule has 152 valence electrons. The molecule has 0 fully saturated rings. The summed E-state index contributed by atoms with van der Waals surface area (Å²) in [6.07, 6.45) is 5.49. The summed E-state index contributed by atoms with van der Waals surface area (Å²) in [6.45, 7) is 2.33. The summed E-state index contributed by atoms with van der Waals surface area (Å²) >= 11 is 0. The molecule has 0 radical (unpaired) electrons. The van der Waals surface area contributed by atoms with E-state index in [9.17, 15) is 4.79 Å². The van der Waals surface area contributed by atoms with Crippen LogP contribution in [0, 0.1) is 0 Å². The van der Waals surface area contributed by atoms with Crippen LogP contribution in [0.3, 0.4) is 0 Å². The number of fused-ring (bicyclic) bond motifs is 1. The number of aromatic nitrogens is 3. The highest BCUT2D eigenvalue weighted by molar-refractivity contribution is 5.80. The molecule has 7 nitrogen and oxygen atoms in total. The minimum absolute atomic E-state index is 0.191. The zero-order valence-corrected chi connectivity index (χ0v) is 16.6. The fourth-order valence-electron chi connectivity index (χ4n) is 3.20. The second-order valence-corrected chi connectivity index (χ2v) is 6.98. The largest absolute Gasteiger partial charge is 0.368 e. The quantitative estimate of drug-likeness (QED) is 0.396. The highest BCUT2D eigenvalue weighted by Crippen LogP contribution is 2.14. The summed E-state index contributed by atoms with van der Waals surface area (Å²) in [5, 5.41) is 10.1. The zero-order chi connectivity index (χ0) is 20.6. The number of hydrogen-bond acceptors (Lipinski definition) is 4. The van der Waals surface area contributed by atoms with Gasteiger partial charge in [-0.25, -0.2) is 14.8 Å². The average Bonchev–Trinajstić information content (AvgIpc) is 3.28. The molecule has 0 saturated heterocycles. The smallest absolute Gasteiger partial charge is 0.315 e. The lowest BCUT2D eigenvalue weighted by molar-refractivity contribution is 0.241. The highest BCUT2D eigenvalue weighted by atomic mass is 16.2. The number of carbonyl (C=O) groups is 1. The minimum atomic E-state index is -0.191. The topological polar surface area (TPSA) is 83.9 Å². The van der Waals surface area contributed by atoms with Crippen molar-refractivity contribution >= 4 is 22.8 Å². The second kappa shape index (κ2) is 9.56. The number of hydrogen-bond donors (Lipinski definition) is 3. The standard InChI is InChI=1S/C23H24N6O/c30-23(26-11-10-25-22-9-8-20-6-1-2-7-21(20)28-22)27-15-18-4-3-5-19(14-18)16-29-13-12-24-17-29/h1-9,12-14,17H,10-11,15-16H2,(H,25,28)(H2,26,27,30). The van der Waals surface area contributed by atoms with E-state index in [1.165, 1.54) is 5.56 Å². The Morgan fingerprint density at radius 3 is 2.73 bits per heavy atom. The van der Waals surface area contributed by atoms with E-state index in [0.717, 1.165) is 28.8 Å². The molecule has 30 heavy (non-hydrogen) atoms. The molecule has 4 rings (SSSR count). The number of carbonyl (C=O) groups excluding carboxylic acids is 1. The molecule has 0 atom stereocenters. The van der Waals surface area contributed by atoms with Gasteiger partial charge >= 0.3 is 6.03 Å². The highest BCUT2D eigenvalue weighted by Gasteiger charge is 2.02. The summed E-state index contributed by atoms with van der Waals surface area (Å²) in [7, 11) is 0. The molecule has 2 heterocycles. The van der Waals surface area contributed by atoms with Crippen LogP contribution in [0.5, 0.6) is 0 Å². The maximum Gasteiger partial charge on any atom is 0.315 e. The van der Waals surface area contributed by atoms with Crippen LogP contribution in [0.1, 0.15) is 11.1 Å². The lowest BCUT2D eigenvalue weighted by Crippen LogP contribution is -2.37. The van der Waals surface area contributed by atoms with Crippen LogP contribution < -0.4 is 16.0 Å². The van der Waals surface area contributed by atoms with Gasteiger partial charge in [-0.3, -0.25) is 0 Å². The van der Waals surface area contributed by atoms with Crippen LogP contribution >= 0.6 is 0 Å². The fraction of sp³-hybridized carbons (Fsp3) is 0.174. The average molecular weight is 400 g/mol. The third-order valence-corrected chi connectivity index (χ3v) is 4.68. The molecule has 0 unspecified atom stereocenters. The number of anilines is 1. The molecule has 0 bridgehead atoms. The van der Waals surface area contributed by atoms with E-state index in [-0.39, 0.29) is 6.03 Å². The molecule has 2 aromatic carbocycles. The summed E-state index contributed by atoms with van der Waals surface area (Å²) < 4.78 is 2.01. The Morgan fingerprint density at radius 2 is 1.83 bits per heavy atom.